The summed E-state index contributed by atoms with van der Waals surface area (Å²) < 4.78 is 66.8. The number of fused-ring (bicyclic) bond motifs is 5. The van der Waals surface area contributed by atoms with Crippen LogP contribution in [0.2, 0.25) is 0 Å². The molecule has 158 valence electrons. The van der Waals surface area contributed by atoms with E-state index >= 15 is 0 Å². The number of hydrogen-bond donors (Lipinski definition) is 1. The Kier molecular flexibility index (Phi) is 4.20. The summed E-state index contributed by atoms with van der Waals surface area (Å²) in [6.45, 7) is 4.00. The van der Waals surface area contributed by atoms with Gasteiger partial charge in [-0.15, -0.1) is 0 Å². The Morgan fingerprint density at radius 2 is 1.57 bits per heavy atom. The van der Waals surface area contributed by atoms with Crippen molar-refractivity contribution in [2.45, 2.75) is 82.9 Å². The summed E-state index contributed by atoms with van der Waals surface area (Å²) in [5, 5.41) is 10.3. The molecule has 0 unspecified atom stereocenters. The molecule has 28 heavy (non-hydrogen) atoms. The third-order valence-electron chi connectivity index (χ3n) is 8.78. The first kappa shape index (κ1) is 20.3. The zero-order valence-electron chi connectivity index (χ0n) is 16.2. The summed E-state index contributed by atoms with van der Waals surface area (Å²) in [5.41, 5.74) is -3.43. The first-order chi connectivity index (χ1) is 12.8. The molecule has 0 saturated heterocycles. The number of Topliss-reactive ketones (excluding diaryl/α,β-unsaturated/α-hetero) is 1. The largest absolute Gasteiger partial charge is 0.456 e. The molecule has 0 amide bonds. The van der Waals surface area contributed by atoms with Gasteiger partial charge in [0.25, 0.3) is 0 Å². The molecule has 4 rings (SSSR count). The molecule has 4 aliphatic carbocycles. The molecule has 0 heterocycles. The molecule has 0 radical (unpaired) electrons. The van der Waals surface area contributed by atoms with Crippen LogP contribution < -0.4 is 0 Å². The van der Waals surface area contributed by atoms with Gasteiger partial charge in [0.2, 0.25) is 0 Å². The first-order valence-electron chi connectivity index (χ1n) is 10.2. The van der Waals surface area contributed by atoms with Crippen molar-refractivity contribution >= 4 is 5.78 Å². The summed E-state index contributed by atoms with van der Waals surface area (Å²) in [7, 11) is 0. The van der Waals surface area contributed by atoms with Crippen molar-refractivity contribution in [3.05, 3.63) is 11.6 Å². The lowest BCUT2D eigenvalue weighted by Crippen LogP contribution is -2.59. The number of carbonyl (C=O) groups is 1. The minimum Gasteiger partial charge on any atom is -0.379 e. The molecule has 2 nitrogen and oxygen atoms in total. The highest BCUT2D eigenvalue weighted by Crippen LogP contribution is 2.66. The highest BCUT2D eigenvalue weighted by Gasteiger charge is 2.71. The van der Waals surface area contributed by atoms with Crippen LogP contribution in [0.5, 0.6) is 0 Å². The van der Waals surface area contributed by atoms with Crippen LogP contribution in [-0.2, 0) is 4.79 Å². The van der Waals surface area contributed by atoms with Gasteiger partial charge in [-0.2, -0.15) is 22.0 Å². The van der Waals surface area contributed by atoms with Crippen molar-refractivity contribution in [2.75, 3.05) is 0 Å². The zero-order chi connectivity index (χ0) is 20.8. The van der Waals surface area contributed by atoms with Crippen LogP contribution in [-0.4, -0.2) is 28.6 Å². The number of ketones is 1. The van der Waals surface area contributed by atoms with Gasteiger partial charge < -0.3 is 5.11 Å². The lowest BCUT2D eigenvalue weighted by molar-refractivity contribution is -0.334. The monoisotopic (exact) mass is 406 g/mol. The summed E-state index contributed by atoms with van der Waals surface area (Å²) >= 11 is 0. The number of rotatable bonds is 1. The van der Waals surface area contributed by atoms with E-state index in [0.29, 0.717) is 36.5 Å². The van der Waals surface area contributed by atoms with E-state index in [0.717, 1.165) is 25.3 Å². The van der Waals surface area contributed by atoms with E-state index in [9.17, 15) is 31.9 Å². The van der Waals surface area contributed by atoms with E-state index in [-0.39, 0.29) is 23.7 Å². The maximum atomic E-state index is 14.0. The lowest BCUT2D eigenvalue weighted by atomic mass is 9.47. The van der Waals surface area contributed by atoms with Crippen molar-refractivity contribution in [1.29, 1.82) is 0 Å². The molecule has 1 N–H and O–H groups in total. The summed E-state index contributed by atoms with van der Waals surface area (Å²) in [6.07, 6.45) is -1.38. The van der Waals surface area contributed by atoms with Crippen LogP contribution in [0.1, 0.15) is 65.2 Å². The molecular formula is C21H27F5O2. The van der Waals surface area contributed by atoms with E-state index in [1.807, 2.05) is 13.8 Å². The molecule has 3 saturated carbocycles. The smallest absolute Gasteiger partial charge is 0.379 e. The molecule has 0 aromatic heterocycles. The van der Waals surface area contributed by atoms with Crippen LogP contribution in [0, 0.1) is 28.6 Å². The zero-order valence-corrected chi connectivity index (χ0v) is 16.2. The number of halogens is 5. The fourth-order valence-corrected chi connectivity index (χ4v) is 6.98. The number of allylic oxidation sites excluding steroid dienone is 1. The second-order valence-electron chi connectivity index (χ2n) is 9.92. The molecular weight excluding hydrogens is 379 g/mol. The molecule has 0 aromatic rings. The fraction of sp³-hybridized carbons (Fsp3) is 0.857. The van der Waals surface area contributed by atoms with E-state index in [2.05, 4.69) is 0 Å². The average Bonchev–Trinajstić information content (AvgIpc) is 2.90. The number of alkyl halides is 5. The second kappa shape index (κ2) is 5.79. The normalized spacial score (nSPS) is 46.5. The van der Waals surface area contributed by atoms with Crippen LogP contribution in [0.3, 0.4) is 0 Å². The highest BCUT2D eigenvalue weighted by molar-refractivity contribution is 5.87. The number of aliphatic hydroxyl groups is 1. The van der Waals surface area contributed by atoms with Gasteiger partial charge >= 0.3 is 12.1 Å². The van der Waals surface area contributed by atoms with Crippen molar-refractivity contribution in [3.63, 3.8) is 0 Å². The SMILES string of the molecule is C[C@]12CC[C@@](O)(C(F)(F)C(F)(F)F)C=C1CC[C@@H]1[C@@H]2CC[C@]2(C)C(=O)CC[C@@H]12. The van der Waals surface area contributed by atoms with Gasteiger partial charge in [-0.3, -0.25) is 4.79 Å². The number of carbonyl (C=O) groups excluding carboxylic acids is 1. The Morgan fingerprint density at radius 1 is 0.929 bits per heavy atom. The molecule has 0 bridgehead atoms. The topological polar surface area (TPSA) is 37.3 Å². The predicted molar refractivity (Wildman–Crippen MR) is 92.7 cm³/mol. The van der Waals surface area contributed by atoms with Crippen LogP contribution in [0.4, 0.5) is 22.0 Å². The summed E-state index contributed by atoms with van der Waals surface area (Å²) in [6, 6.07) is 0. The van der Waals surface area contributed by atoms with E-state index in [1.165, 1.54) is 0 Å². The van der Waals surface area contributed by atoms with Gasteiger partial charge in [0.15, 0.2) is 5.60 Å². The summed E-state index contributed by atoms with van der Waals surface area (Å²) in [5.74, 6) is -4.13. The Morgan fingerprint density at radius 3 is 2.21 bits per heavy atom. The Bertz CT molecular complexity index is 729. The Balaban J connectivity index is 1.67. The molecule has 7 heteroatoms. The first-order valence-corrected chi connectivity index (χ1v) is 10.2. The van der Waals surface area contributed by atoms with E-state index in [1.54, 1.807) is 0 Å². The van der Waals surface area contributed by atoms with Gasteiger partial charge in [0.05, 0.1) is 0 Å². The Hall–Kier alpha value is -0.980. The van der Waals surface area contributed by atoms with E-state index < -0.39 is 29.5 Å². The maximum absolute atomic E-state index is 14.0. The predicted octanol–water partition coefficient (Wildman–Crippen LogP) is 5.45. The second-order valence-corrected chi connectivity index (χ2v) is 9.92. The lowest BCUT2D eigenvalue weighted by Gasteiger charge is -2.58. The molecule has 0 aliphatic heterocycles. The highest BCUT2D eigenvalue weighted by atomic mass is 19.4. The van der Waals surface area contributed by atoms with Crippen LogP contribution in [0.25, 0.3) is 0 Å². The van der Waals surface area contributed by atoms with Gasteiger partial charge in [0.1, 0.15) is 5.78 Å². The van der Waals surface area contributed by atoms with Gasteiger partial charge in [-0.25, -0.2) is 0 Å². The third kappa shape index (κ3) is 2.43. The minimum absolute atomic E-state index is 0.111. The Labute approximate surface area is 161 Å². The maximum Gasteiger partial charge on any atom is 0.456 e. The van der Waals surface area contributed by atoms with Crippen molar-refractivity contribution in [2.24, 2.45) is 28.6 Å². The van der Waals surface area contributed by atoms with Crippen molar-refractivity contribution in [1.82, 2.24) is 0 Å². The molecule has 0 aromatic carbocycles. The summed E-state index contributed by atoms with van der Waals surface area (Å²) in [4.78, 5) is 12.4. The van der Waals surface area contributed by atoms with E-state index in [4.69, 9.17) is 0 Å². The number of hydrogen-bond acceptors (Lipinski definition) is 2. The standard InChI is InChI=1S/C21H27F5O2/c1-17-9-10-19(28,20(22,23)21(24,25)26)11-12(17)3-4-13-14-5-6-16(27)18(14,2)8-7-15(13)17/h11,13-15,28H,3-10H2,1-2H3/t13-,14-,15-,17-,18-,19-/m0/s1. The minimum atomic E-state index is -5.79. The van der Waals surface area contributed by atoms with Gasteiger partial charge in [0, 0.05) is 11.8 Å². The van der Waals surface area contributed by atoms with Crippen LogP contribution >= 0.6 is 0 Å². The van der Waals surface area contributed by atoms with Crippen molar-refractivity contribution < 1.29 is 31.9 Å². The fourth-order valence-electron chi connectivity index (χ4n) is 6.98. The average molecular weight is 406 g/mol. The molecule has 4 aliphatic rings. The third-order valence-corrected chi connectivity index (χ3v) is 8.78. The quantitative estimate of drug-likeness (QED) is 0.465. The van der Waals surface area contributed by atoms with Gasteiger partial charge in [-0.05, 0) is 74.2 Å². The molecule has 3 fully saturated rings. The molecule has 0 spiro atoms. The van der Waals surface area contributed by atoms with Gasteiger partial charge in [-0.1, -0.05) is 19.4 Å². The van der Waals surface area contributed by atoms with Crippen LogP contribution in [0.15, 0.2) is 11.6 Å². The molecule has 6 atom stereocenters. The van der Waals surface area contributed by atoms with Crippen molar-refractivity contribution in [3.8, 4) is 0 Å².